The van der Waals surface area contributed by atoms with Crippen molar-refractivity contribution in [3.63, 3.8) is 0 Å². The lowest BCUT2D eigenvalue weighted by atomic mass is 9.70. The molecule has 300 valence electrons. The van der Waals surface area contributed by atoms with Crippen LogP contribution >= 0.6 is 0 Å². The minimum atomic E-state index is 0.0531. The van der Waals surface area contributed by atoms with E-state index >= 15 is 0 Å². The van der Waals surface area contributed by atoms with E-state index in [2.05, 4.69) is 148 Å². The van der Waals surface area contributed by atoms with Gasteiger partial charge in [-0.2, -0.15) is 0 Å². The molecule has 0 aliphatic heterocycles. The summed E-state index contributed by atoms with van der Waals surface area (Å²) in [6.45, 7) is 9.36. The van der Waals surface area contributed by atoms with E-state index in [1.165, 1.54) is 168 Å². The zero-order valence-corrected chi connectivity index (χ0v) is 36.1. The summed E-state index contributed by atoms with van der Waals surface area (Å²) in [5, 5.41) is 0. The number of fused-ring (bicyclic) bond motifs is 6. The van der Waals surface area contributed by atoms with E-state index in [4.69, 9.17) is 0 Å². The van der Waals surface area contributed by atoms with Gasteiger partial charge in [0.2, 0.25) is 0 Å². The normalized spacial score (nSPS) is 14.2. The van der Waals surface area contributed by atoms with Gasteiger partial charge in [-0.25, -0.2) is 0 Å². The first kappa shape index (κ1) is 41.1. The average molecular weight is 758 g/mol. The van der Waals surface area contributed by atoms with Gasteiger partial charge in [-0.1, -0.05) is 209 Å². The van der Waals surface area contributed by atoms with Crippen molar-refractivity contribution in [2.75, 3.05) is 4.90 Å². The van der Waals surface area contributed by atoms with E-state index in [1.54, 1.807) is 22.3 Å². The van der Waals surface area contributed by atoms with Crippen LogP contribution < -0.4 is 4.90 Å². The molecule has 5 aromatic carbocycles. The minimum Gasteiger partial charge on any atom is -0.310 e. The summed E-state index contributed by atoms with van der Waals surface area (Å²) in [7, 11) is 0. The van der Waals surface area contributed by atoms with E-state index in [-0.39, 0.29) is 10.8 Å². The molecule has 0 unspecified atom stereocenters. The molecule has 1 nitrogen and oxygen atoms in total. The number of nitrogens with zero attached hydrogens (tertiary/aromatic N) is 1. The van der Waals surface area contributed by atoms with Crippen molar-refractivity contribution in [3.8, 4) is 22.3 Å². The summed E-state index contributed by atoms with van der Waals surface area (Å²) < 4.78 is 0. The van der Waals surface area contributed by atoms with Gasteiger partial charge in [0.15, 0.2) is 0 Å². The highest BCUT2D eigenvalue weighted by atomic mass is 15.1. The van der Waals surface area contributed by atoms with Crippen molar-refractivity contribution in [2.24, 2.45) is 0 Å². The summed E-state index contributed by atoms with van der Waals surface area (Å²) in [4.78, 5) is 2.59. The quantitative estimate of drug-likeness (QED) is 0.0600. The molecule has 7 rings (SSSR count). The van der Waals surface area contributed by atoms with E-state index < -0.39 is 0 Å². The highest BCUT2D eigenvalue weighted by Crippen LogP contribution is 2.58. The highest BCUT2D eigenvalue weighted by Gasteiger charge is 2.44. The molecule has 2 aliphatic rings. The van der Waals surface area contributed by atoms with Crippen molar-refractivity contribution >= 4 is 17.1 Å². The maximum Gasteiger partial charge on any atom is 0.0465 e. The third-order valence-electron chi connectivity index (χ3n) is 13.9. The molecule has 0 saturated carbocycles. The molecule has 0 N–H and O–H groups in total. The first-order valence-corrected chi connectivity index (χ1v) is 23.5. The highest BCUT2D eigenvalue weighted by molar-refractivity contribution is 5.88. The Morgan fingerprint density at radius 3 is 1.05 bits per heavy atom. The number of para-hydroxylation sites is 1. The van der Waals surface area contributed by atoms with E-state index in [1.807, 2.05) is 0 Å². The Bertz CT molecular complexity index is 1870. The maximum absolute atomic E-state index is 2.63. The van der Waals surface area contributed by atoms with Crippen LogP contribution in [0.1, 0.15) is 178 Å². The lowest BCUT2D eigenvalue weighted by Gasteiger charge is -2.35. The molecule has 0 saturated heterocycles. The summed E-state index contributed by atoms with van der Waals surface area (Å²) in [6, 6.07) is 45.2. The van der Waals surface area contributed by atoms with Crippen LogP contribution in [0.25, 0.3) is 22.3 Å². The third-order valence-corrected chi connectivity index (χ3v) is 13.9. The lowest BCUT2D eigenvalue weighted by molar-refractivity contribution is 0.401. The van der Waals surface area contributed by atoms with Crippen LogP contribution in [0.15, 0.2) is 115 Å². The first-order chi connectivity index (χ1) is 28.1. The van der Waals surface area contributed by atoms with Crippen molar-refractivity contribution in [3.05, 3.63) is 138 Å². The molecule has 0 atom stereocenters. The molecule has 0 radical (unpaired) electrons. The van der Waals surface area contributed by atoms with Gasteiger partial charge >= 0.3 is 0 Å². The fourth-order valence-corrected chi connectivity index (χ4v) is 10.9. The van der Waals surface area contributed by atoms with Gasteiger partial charge in [0.05, 0.1) is 0 Å². The second-order valence-electron chi connectivity index (χ2n) is 17.6. The van der Waals surface area contributed by atoms with E-state index in [0.717, 1.165) is 0 Å². The van der Waals surface area contributed by atoms with Crippen molar-refractivity contribution in [1.29, 1.82) is 0 Å². The molecule has 0 aromatic heterocycles. The zero-order chi connectivity index (χ0) is 39.5. The Morgan fingerprint density at radius 1 is 0.316 bits per heavy atom. The molecule has 2 aliphatic carbocycles. The zero-order valence-electron chi connectivity index (χ0n) is 36.1. The Hall–Kier alpha value is -4.10. The monoisotopic (exact) mass is 758 g/mol. The predicted molar refractivity (Wildman–Crippen MR) is 249 cm³/mol. The van der Waals surface area contributed by atoms with Crippen molar-refractivity contribution in [2.45, 2.75) is 167 Å². The number of unbranched alkanes of at least 4 members (excludes halogenated alkanes) is 12. The van der Waals surface area contributed by atoms with Crippen LogP contribution in [-0.4, -0.2) is 0 Å². The van der Waals surface area contributed by atoms with Crippen LogP contribution in [0, 0.1) is 0 Å². The molecular weight excluding hydrogens is 687 g/mol. The topological polar surface area (TPSA) is 3.24 Å². The van der Waals surface area contributed by atoms with E-state index in [9.17, 15) is 0 Å². The van der Waals surface area contributed by atoms with Gasteiger partial charge in [-0.15, -0.1) is 0 Å². The van der Waals surface area contributed by atoms with Gasteiger partial charge in [-0.3, -0.25) is 0 Å². The predicted octanol–water partition coefficient (Wildman–Crippen LogP) is 17.6. The molecule has 0 bridgehead atoms. The third kappa shape index (κ3) is 8.42. The van der Waals surface area contributed by atoms with Gasteiger partial charge < -0.3 is 4.90 Å². The lowest BCUT2D eigenvalue weighted by Crippen LogP contribution is -2.26. The standard InChI is InChI=1S/C56H71N/c1-5-9-13-24-38-55(39-25-14-10-6-2)51-32-22-20-30-47(51)49-36-34-45(42-53(49)55)57(44-28-18-17-19-29-44)46-35-37-50-48-31-21-23-33-52(48)56(54(50)43-46,40-26-15-11-7-3)41-27-16-12-8-4/h17-23,28-37,42-43H,5-16,24-27,38-41H2,1-4H3. The fraction of sp³-hybridized carbons (Fsp3) is 0.464. The van der Waals surface area contributed by atoms with Gasteiger partial charge in [0, 0.05) is 27.9 Å². The average Bonchev–Trinajstić information content (AvgIpc) is 3.68. The van der Waals surface area contributed by atoms with E-state index in [0.29, 0.717) is 0 Å². The van der Waals surface area contributed by atoms with Gasteiger partial charge in [-0.05, 0) is 107 Å². The first-order valence-electron chi connectivity index (χ1n) is 23.5. The molecule has 5 aromatic rings. The summed E-state index contributed by atoms with van der Waals surface area (Å²) in [5.74, 6) is 0. The van der Waals surface area contributed by atoms with Gasteiger partial charge in [0.25, 0.3) is 0 Å². The number of benzene rings is 5. The second-order valence-corrected chi connectivity index (χ2v) is 17.6. The number of rotatable bonds is 23. The molecular formula is C56H71N. The molecule has 57 heavy (non-hydrogen) atoms. The van der Waals surface area contributed by atoms with Crippen LogP contribution in [0.3, 0.4) is 0 Å². The number of hydrogen-bond donors (Lipinski definition) is 0. The Labute approximate surface area is 347 Å². The summed E-state index contributed by atoms with van der Waals surface area (Å²) in [5.41, 5.74) is 16.0. The molecule has 0 spiro atoms. The summed E-state index contributed by atoms with van der Waals surface area (Å²) >= 11 is 0. The van der Waals surface area contributed by atoms with Crippen LogP contribution in [-0.2, 0) is 10.8 Å². The van der Waals surface area contributed by atoms with Crippen molar-refractivity contribution in [1.82, 2.24) is 0 Å². The SMILES string of the molecule is CCCCCCC1(CCCCCC)c2ccccc2-c2ccc(N(c3ccccc3)c3ccc4c(c3)C(CCCCCC)(CCCCCC)c3ccccc3-4)cc21. The van der Waals surface area contributed by atoms with Crippen LogP contribution in [0.4, 0.5) is 17.1 Å². The second kappa shape index (κ2) is 19.6. The van der Waals surface area contributed by atoms with Crippen LogP contribution in [0.2, 0.25) is 0 Å². The Morgan fingerprint density at radius 2 is 0.667 bits per heavy atom. The Balaban J connectivity index is 1.37. The number of hydrogen-bond acceptors (Lipinski definition) is 1. The largest absolute Gasteiger partial charge is 0.310 e. The van der Waals surface area contributed by atoms with Crippen LogP contribution in [0.5, 0.6) is 0 Å². The smallest absolute Gasteiger partial charge is 0.0465 e. The van der Waals surface area contributed by atoms with Crippen molar-refractivity contribution < 1.29 is 0 Å². The Kier molecular flexibility index (Phi) is 14.1. The molecule has 1 heteroatoms. The molecule has 0 fully saturated rings. The summed E-state index contributed by atoms with van der Waals surface area (Å²) in [6.07, 6.45) is 25.7. The maximum atomic E-state index is 2.63. The van der Waals surface area contributed by atoms with Gasteiger partial charge in [0.1, 0.15) is 0 Å². The minimum absolute atomic E-state index is 0.0531. The number of anilines is 3. The molecule has 0 heterocycles. The fourth-order valence-electron chi connectivity index (χ4n) is 10.9. The molecule has 0 amide bonds.